The molecule has 0 aliphatic heterocycles. The maximum atomic E-state index is 11.1. The number of carboxylic acids is 1. The summed E-state index contributed by atoms with van der Waals surface area (Å²) >= 11 is 0. The van der Waals surface area contributed by atoms with E-state index >= 15 is 0 Å². The molecule has 0 heterocycles. The monoisotopic (exact) mass is 218 g/mol. The Balaban J connectivity index is 3.74. The van der Waals surface area contributed by atoms with Crippen LogP contribution >= 0.6 is 0 Å². The lowest BCUT2D eigenvalue weighted by molar-refractivity contribution is -0.136. The molecule has 0 aliphatic rings. The third-order valence-electron chi connectivity index (χ3n) is 1.53. The highest BCUT2D eigenvalue weighted by molar-refractivity contribution is 5.82. The number of aliphatic carboxylic acids is 1. The summed E-state index contributed by atoms with van der Waals surface area (Å²) in [5.41, 5.74) is 0. The molecule has 0 aromatic heterocycles. The number of methoxy groups -OCH3 is 1. The molecule has 7 nitrogen and oxygen atoms in total. The molecule has 0 bridgehead atoms. The number of hydrogen-bond donors (Lipinski definition) is 2. The summed E-state index contributed by atoms with van der Waals surface area (Å²) in [6, 6.07) is 0. The molecule has 0 aromatic rings. The molecule has 15 heavy (non-hydrogen) atoms. The van der Waals surface area contributed by atoms with Crippen molar-refractivity contribution in [1.82, 2.24) is 10.2 Å². The van der Waals surface area contributed by atoms with Crippen LogP contribution in [-0.4, -0.2) is 55.2 Å². The second-order valence-electron chi connectivity index (χ2n) is 2.82. The first-order valence-corrected chi connectivity index (χ1v) is 4.25. The molecule has 0 spiro atoms. The van der Waals surface area contributed by atoms with Gasteiger partial charge in [-0.3, -0.25) is 9.59 Å². The van der Waals surface area contributed by atoms with Gasteiger partial charge in [-0.15, -0.1) is 0 Å². The van der Waals surface area contributed by atoms with Crippen LogP contribution in [0.3, 0.4) is 0 Å². The van der Waals surface area contributed by atoms with Crippen LogP contribution in [-0.2, 0) is 14.3 Å². The quantitative estimate of drug-likeness (QED) is 0.634. The largest absolute Gasteiger partial charge is 0.481 e. The lowest BCUT2D eigenvalue weighted by Crippen LogP contribution is -2.38. The fourth-order valence-electron chi connectivity index (χ4n) is 0.801. The van der Waals surface area contributed by atoms with Gasteiger partial charge in [0.2, 0.25) is 5.91 Å². The number of hydrogen-bond acceptors (Lipinski definition) is 4. The number of carboxylic acid groups (broad SMARTS) is 1. The minimum atomic E-state index is -0.989. The zero-order valence-corrected chi connectivity index (χ0v) is 8.65. The van der Waals surface area contributed by atoms with E-state index < -0.39 is 18.0 Å². The Hall–Kier alpha value is -1.79. The van der Waals surface area contributed by atoms with Crippen molar-refractivity contribution < 1.29 is 24.2 Å². The second kappa shape index (κ2) is 6.63. The number of ether oxygens (including phenoxy) is 1. The van der Waals surface area contributed by atoms with Crippen molar-refractivity contribution in [2.45, 2.75) is 6.42 Å². The second-order valence-corrected chi connectivity index (χ2v) is 2.82. The van der Waals surface area contributed by atoms with Gasteiger partial charge in [-0.1, -0.05) is 0 Å². The zero-order chi connectivity index (χ0) is 11.8. The normalized spacial score (nSPS) is 9.20. The predicted octanol–water partition coefficient (Wildman–Crippen LogP) is -0.724. The van der Waals surface area contributed by atoms with Gasteiger partial charge in [0.05, 0.1) is 13.5 Å². The van der Waals surface area contributed by atoms with Crippen LogP contribution in [0.1, 0.15) is 6.42 Å². The Morgan fingerprint density at radius 1 is 1.40 bits per heavy atom. The van der Waals surface area contributed by atoms with Crippen molar-refractivity contribution in [2.75, 3.05) is 27.2 Å². The van der Waals surface area contributed by atoms with Gasteiger partial charge >= 0.3 is 12.1 Å². The van der Waals surface area contributed by atoms with E-state index in [9.17, 15) is 14.4 Å². The smallest absolute Gasteiger partial charge is 0.409 e. The summed E-state index contributed by atoms with van der Waals surface area (Å²) in [5.74, 6) is -1.42. The van der Waals surface area contributed by atoms with Gasteiger partial charge in [-0.2, -0.15) is 0 Å². The van der Waals surface area contributed by atoms with Crippen LogP contribution in [0.5, 0.6) is 0 Å². The van der Waals surface area contributed by atoms with Gasteiger partial charge < -0.3 is 20.1 Å². The maximum Gasteiger partial charge on any atom is 0.409 e. The number of likely N-dealkylation sites (N-methyl/N-ethyl adjacent to an activating group) is 1. The Morgan fingerprint density at radius 2 is 2.00 bits per heavy atom. The summed E-state index contributed by atoms with van der Waals surface area (Å²) in [6.07, 6.45) is -0.767. The van der Waals surface area contributed by atoms with Gasteiger partial charge in [-0.05, 0) is 0 Å². The number of carbonyl (C=O) groups is 3. The number of amides is 2. The van der Waals surface area contributed by atoms with Crippen molar-refractivity contribution in [3.8, 4) is 0 Å². The van der Waals surface area contributed by atoms with E-state index in [1.165, 1.54) is 14.2 Å². The van der Waals surface area contributed by atoms with Gasteiger partial charge in [0.25, 0.3) is 0 Å². The van der Waals surface area contributed by atoms with Gasteiger partial charge in [0.15, 0.2) is 0 Å². The average Bonchev–Trinajstić information content (AvgIpc) is 2.15. The molecule has 0 radical (unpaired) electrons. The molecule has 7 heteroatoms. The lowest BCUT2D eigenvalue weighted by atomic mass is 10.4. The standard InChI is InChI=1S/C8H14N2O5/c1-10(8(14)15-2)5-6(11)9-4-3-7(12)13/h3-5H2,1-2H3,(H,9,11)(H,12,13). The molecule has 0 aromatic carbocycles. The van der Waals surface area contributed by atoms with E-state index in [-0.39, 0.29) is 19.5 Å². The van der Waals surface area contributed by atoms with Crippen LogP contribution in [0.25, 0.3) is 0 Å². The summed E-state index contributed by atoms with van der Waals surface area (Å²) in [5, 5.41) is 10.7. The van der Waals surface area contributed by atoms with Crippen molar-refractivity contribution >= 4 is 18.0 Å². The number of nitrogens with zero attached hydrogens (tertiary/aromatic N) is 1. The Labute approximate surface area is 87.0 Å². The zero-order valence-electron chi connectivity index (χ0n) is 8.65. The molecular formula is C8H14N2O5. The highest BCUT2D eigenvalue weighted by atomic mass is 16.5. The predicted molar refractivity (Wildman–Crippen MR) is 50.3 cm³/mol. The molecule has 0 rings (SSSR count). The van der Waals surface area contributed by atoms with Crippen molar-refractivity contribution in [1.29, 1.82) is 0 Å². The number of carbonyl (C=O) groups excluding carboxylic acids is 2. The van der Waals surface area contributed by atoms with E-state index in [1.54, 1.807) is 0 Å². The van der Waals surface area contributed by atoms with Crippen LogP contribution < -0.4 is 5.32 Å². The summed E-state index contributed by atoms with van der Waals surface area (Å²) < 4.78 is 4.37. The highest BCUT2D eigenvalue weighted by Gasteiger charge is 2.12. The van der Waals surface area contributed by atoms with E-state index in [1.807, 2.05) is 0 Å². The van der Waals surface area contributed by atoms with Crippen molar-refractivity contribution in [3.05, 3.63) is 0 Å². The molecule has 2 amide bonds. The summed E-state index contributed by atoms with van der Waals surface area (Å²) in [7, 11) is 2.61. The van der Waals surface area contributed by atoms with Gasteiger partial charge in [0.1, 0.15) is 6.54 Å². The molecule has 0 saturated heterocycles. The fourth-order valence-corrected chi connectivity index (χ4v) is 0.801. The van der Waals surface area contributed by atoms with Gasteiger partial charge in [0, 0.05) is 13.6 Å². The first kappa shape index (κ1) is 13.2. The molecule has 0 saturated carbocycles. The highest BCUT2D eigenvalue weighted by Crippen LogP contribution is 1.87. The average molecular weight is 218 g/mol. The molecule has 0 aliphatic carbocycles. The van der Waals surface area contributed by atoms with Crippen LogP contribution in [0.15, 0.2) is 0 Å². The Bertz CT molecular complexity index is 253. The molecular weight excluding hydrogens is 204 g/mol. The van der Waals surface area contributed by atoms with E-state index in [4.69, 9.17) is 5.11 Å². The van der Waals surface area contributed by atoms with E-state index in [2.05, 4.69) is 10.1 Å². The minimum Gasteiger partial charge on any atom is -0.481 e. The molecule has 0 atom stereocenters. The molecule has 0 fully saturated rings. The third-order valence-corrected chi connectivity index (χ3v) is 1.53. The van der Waals surface area contributed by atoms with Crippen LogP contribution in [0.2, 0.25) is 0 Å². The van der Waals surface area contributed by atoms with Crippen molar-refractivity contribution in [2.24, 2.45) is 0 Å². The SMILES string of the molecule is COC(=O)N(C)CC(=O)NCCC(=O)O. The number of rotatable bonds is 5. The van der Waals surface area contributed by atoms with E-state index in [0.29, 0.717) is 0 Å². The minimum absolute atomic E-state index is 0.0448. The first-order chi connectivity index (χ1) is 6.97. The third kappa shape index (κ3) is 6.30. The first-order valence-electron chi connectivity index (χ1n) is 4.25. The lowest BCUT2D eigenvalue weighted by Gasteiger charge is -2.14. The summed E-state index contributed by atoms with van der Waals surface area (Å²) in [6.45, 7) is -0.116. The fraction of sp³-hybridized carbons (Fsp3) is 0.625. The van der Waals surface area contributed by atoms with E-state index in [0.717, 1.165) is 4.90 Å². The maximum absolute atomic E-state index is 11.1. The van der Waals surface area contributed by atoms with Crippen LogP contribution in [0.4, 0.5) is 4.79 Å². The molecule has 86 valence electrons. The molecule has 0 unspecified atom stereocenters. The molecule has 2 N–H and O–H groups in total. The van der Waals surface area contributed by atoms with Crippen LogP contribution in [0, 0.1) is 0 Å². The Morgan fingerprint density at radius 3 is 2.47 bits per heavy atom. The number of nitrogens with one attached hydrogen (secondary N) is 1. The van der Waals surface area contributed by atoms with Crippen molar-refractivity contribution in [3.63, 3.8) is 0 Å². The topological polar surface area (TPSA) is 95.9 Å². The Kier molecular flexibility index (Phi) is 5.84. The van der Waals surface area contributed by atoms with Gasteiger partial charge in [-0.25, -0.2) is 4.79 Å². The summed E-state index contributed by atoms with van der Waals surface area (Å²) in [4.78, 5) is 33.2.